The molecule has 0 spiro atoms. The van der Waals surface area contributed by atoms with Crippen LogP contribution in [0.2, 0.25) is 0 Å². The topological polar surface area (TPSA) is 90.9 Å². The van der Waals surface area contributed by atoms with Crippen LogP contribution in [-0.4, -0.2) is 76.3 Å². The van der Waals surface area contributed by atoms with Crippen molar-refractivity contribution in [1.29, 1.82) is 0 Å². The molecule has 2 aromatic carbocycles. The number of β-amino-alcohol motifs (C(OH)–C–C–N with tert-alkyl or cyclic N) is 1. The average molecular weight is 628 g/mol. The van der Waals surface area contributed by atoms with E-state index >= 15 is 0 Å². The summed E-state index contributed by atoms with van der Waals surface area (Å²) < 4.78 is 84.7. The minimum absolute atomic E-state index is 0.0517. The summed E-state index contributed by atoms with van der Waals surface area (Å²) in [7, 11) is -2.51. The van der Waals surface area contributed by atoms with Gasteiger partial charge in [-0.05, 0) is 36.8 Å². The minimum Gasteiger partial charge on any atom is -0.495 e. The Morgan fingerprint density at radius 2 is 1.93 bits per heavy atom. The Kier molecular flexibility index (Phi) is 9.92. The number of nitrogens with zero attached hydrogens (tertiary/aromatic N) is 1. The highest BCUT2D eigenvalue weighted by atomic mass is 32.2. The molecule has 0 bridgehead atoms. The van der Waals surface area contributed by atoms with Crippen molar-refractivity contribution in [2.45, 2.75) is 49.4 Å². The molecule has 1 saturated heterocycles. The predicted molar refractivity (Wildman–Crippen MR) is 158 cm³/mol. The molecule has 0 saturated carbocycles. The summed E-state index contributed by atoms with van der Waals surface area (Å²) in [5.41, 5.74) is 1.02. The van der Waals surface area contributed by atoms with E-state index < -0.39 is 39.3 Å². The lowest BCUT2D eigenvalue weighted by atomic mass is 10.0. The van der Waals surface area contributed by atoms with E-state index in [4.69, 9.17) is 4.74 Å². The summed E-state index contributed by atoms with van der Waals surface area (Å²) >= 11 is 1.19. The lowest BCUT2D eigenvalue weighted by Gasteiger charge is -2.33. The first kappa shape index (κ1) is 31.9. The van der Waals surface area contributed by atoms with Crippen LogP contribution in [0, 0.1) is 17.7 Å². The van der Waals surface area contributed by atoms with Crippen molar-refractivity contribution < 1.29 is 35.8 Å². The number of aliphatic hydroxyl groups excluding tert-OH is 1. The monoisotopic (exact) mass is 627 g/mol. The number of nitrogens with one attached hydrogen (secondary N) is 2. The van der Waals surface area contributed by atoms with Gasteiger partial charge in [0.1, 0.15) is 16.5 Å². The second kappa shape index (κ2) is 13.1. The van der Waals surface area contributed by atoms with Gasteiger partial charge in [0.15, 0.2) is 9.84 Å². The van der Waals surface area contributed by atoms with Crippen LogP contribution in [-0.2, 0) is 16.3 Å². The predicted octanol–water partition coefficient (Wildman–Crippen LogP) is 5.28. The van der Waals surface area contributed by atoms with Crippen molar-refractivity contribution >= 4 is 42.6 Å². The van der Waals surface area contributed by atoms with E-state index in [1.54, 1.807) is 19.1 Å². The number of hydrogen-bond acceptors (Lipinski definition) is 8. The van der Waals surface area contributed by atoms with Gasteiger partial charge in [-0.2, -0.15) is 13.2 Å². The summed E-state index contributed by atoms with van der Waals surface area (Å²) in [6, 6.07) is 7.47. The molecule has 0 radical (unpaired) electrons. The van der Waals surface area contributed by atoms with Gasteiger partial charge in [-0.25, -0.2) is 12.8 Å². The van der Waals surface area contributed by atoms with E-state index in [9.17, 15) is 31.1 Å². The lowest BCUT2D eigenvalue weighted by molar-refractivity contribution is -0.126. The molecule has 1 fully saturated rings. The number of halogens is 4. The molecule has 1 atom stereocenters. The Morgan fingerprint density at radius 3 is 2.55 bits per heavy atom. The highest BCUT2D eigenvalue weighted by molar-refractivity contribution is 7.90. The van der Waals surface area contributed by atoms with Gasteiger partial charge in [0.05, 0.1) is 47.1 Å². The third-order valence-electron chi connectivity index (χ3n) is 6.89. The summed E-state index contributed by atoms with van der Waals surface area (Å²) in [6.07, 6.45) is -3.39. The number of rotatable bonds is 9. The average Bonchev–Trinajstić information content (AvgIpc) is 3.23. The Bertz CT molecular complexity index is 1590. The molecule has 1 aliphatic rings. The molecule has 42 heavy (non-hydrogen) atoms. The van der Waals surface area contributed by atoms with Crippen molar-refractivity contribution in [2.75, 3.05) is 50.2 Å². The third-order valence-corrected chi connectivity index (χ3v) is 9.20. The molecular formula is C29H33F4N3O4S2. The maximum absolute atomic E-state index is 14.4. The summed E-state index contributed by atoms with van der Waals surface area (Å²) in [6.45, 7) is 3.95. The van der Waals surface area contributed by atoms with Crippen molar-refractivity contribution in [3.05, 3.63) is 46.6 Å². The molecule has 3 aromatic rings. The summed E-state index contributed by atoms with van der Waals surface area (Å²) in [5.74, 6) is 4.80. The number of alkyl halides is 3. The zero-order chi connectivity index (χ0) is 30.7. The molecule has 13 heteroatoms. The Balaban J connectivity index is 1.57. The molecule has 1 unspecified atom stereocenters. The molecule has 1 aromatic heterocycles. The Morgan fingerprint density at radius 1 is 1.21 bits per heavy atom. The molecule has 4 rings (SSSR count). The quantitative estimate of drug-likeness (QED) is 0.220. The fourth-order valence-electron chi connectivity index (χ4n) is 5.00. The summed E-state index contributed by atoms with van der Waals surface area (Å²) in [4.78, 5) is 1.98. The number of sulfone groups is 1. The second-order valence-corrected chi connectivity index (χ2v) is 13.4. The standard InChI is InChI=1S/C29H33F4N3O4S2/c1-18(37)17-36-12-9-19(10-13-36)35-23-7-4-6-20-21(16-29(31,32)33)26(41-28(20)23)8-5-11-34-24-14-22(30)27(42(3,38)39)15-25(24)40-2/h4,6-7,14-15,18-19,34-35,37H,9-13,16-17H2,1-3H3. The Labute approximate surface area is 246 Å². The van der Waals surface area contributed by atoms with Crippen LogP contribution in [0.15, 0.2) is 35.2 Å². The molecule has 1 aliphatic heterocycles. The number of methoxy groups -OCH3 is 1. The number of thiophene rings is 1. The highest BCUT2D eigenvalue weighted by Crippen LogP contribution is 2.39. The normalized spacial score (nSPS) is 15.7. The fourth-order valence-corrected chi connectivity index (χ4v) is 6.91. The van der Waals surface area contributed by atoms with Crippen LogP contribution in [0.25, 0.3) is 10.1 Å². The van der Waals surface area contributed by atoms with E-state index in [-0.39, 0.29) is 34.5 Å². The first-order valence-corrected chi connectivity index (χ1v) is 16.0. The second-order valence-electron chi connectivity index (χ2n) is 10.4. The largest absolute Gasteiger partial charge is 0.495 e. The molecular weight excluding hydrogens is 594 g/mol. The number of anilines is 2. The number of likely N-dealkylation sites (tertiary alicyclic amines) is 1. The summed E-state index contributed by atoms with van der Waals surface area (Å²) in [5, 5.41) is 16.5. The maximum atomic E-state index is 14.4. The van der Waals surface area contributed by atoms with Crippen LogP contribution < -0.4 is 15.4 Å². The van der Waals surface area contributed by atoms with Gasteiger partial charge < -0.3 is 25.4 Å². The van der Waals surface area contributed by atoms with Gasteiger partial charge in [0, 0.05) is 44.1 Å². The fraction of sp³-hybridized carbons (Fsp3) is 0.448. The van der Waals surface area contributed by atoms with Gasteiger partial charge in [-0.15, -0.1) is 11.3 Å². The SMILES string of the molecule is COc1cc(S(C)(=O)=O)c(F)cc1NCC#Cc1sc2c(NC3CCN(CC(C)O)CC3)cccc2c1CC(F)(F)F. The van der Waals surface area contributed by atoms with E-state index in [1.807, 2.05) is 6.07 Å². The number of benzene rings is 2. The first-order chi connectivity index (χ1) is 19.7. The zero-order valence-electron chi connectivity index (χ0n) is 23.4. The first-order valence-electron chi connectivity index (χ1n) is 13.3. The van der Waals surface area contributed by atoms with Crippen molar-refractivity contribution in [3.8, 4) is 17.6 Å². The Hall–Kier alpha value is -3.05. The van der Waals surface area contributed by atoms with Crippen LogP contribution >= 0.6 is 11.3 Å². The smallest absolute Gasteiger partial charge is 0.393 e. The number of aliphatic hydroxyl groups is 1. The van der Waals surface area contributed by atoms with E-state index in [0.717, 1.165) is 50.0 Å². The molecule has 3 N–H and O–H groups in total. The number of piperidine rings is 1. The van der Waals surface area contributed by atoms with Crippen molar-refractivity contribution in [3.63, 3.8) is 0 Å². The van der Waals surface area contributed by atoms with Crippen LogP contribution in [0.3, 0.4) is 0 Å². The zero-order valence-corrected chi connectivity index (χ0v) is 25.1. The maximum Gasteiger partial charge on any atom is 0.393 e. The molecule has 0 amide bonds. The molecule has 228 valence electrons. The van der Waals surface area contributed by atoms with Gasteiger partial charge in [0.2, 0.25) is 0 Å². The highest BCUT2D eigenvalue weighted by Gasteiger charge is 2.31. The van der Waals surface area contributed by atoms with E-state index in [0.29, 0.717) is 16.6 Å². The van der Waals surface area contributed by atoms with Gasteiger partial charge in [0.25, 0.3) is 0 Å². The number of hydrogen-bond donors (Lipinski definition) is 3. The number of fused-ring (bicyclic) bond motifs is 1. The lowest BCUT2D eigenvalue weighted by Crippen LogP contribution is -2.41. The van der Waals surface area contributed by atoms with Crippen LogP contribution in [0.5, 0.6) is 5.75 Å². The van der Waals surface area contributed by atoms with E-state index in [1.165, 1.54) is 18.4 Å². The van der Waals surface area contributed by atoms with Crippen LogP contribution in [0.4, 0.5) is 28.9 Å². The number of ether oxygens (including phenoxy) is 1. The molecule has 7 nitrogen and oxygen atoms in total. The van der Waals surface area contributed by atoms with Gasteiger partial charge in [-0.1, -0.05) is 24.0 Å². The molecule has 2 heterocycles. The van der Waals surface area contributed by atoms with Gasteiger partial charge >= 0.3 is 6.18 Å². The molecule has 0 aliphatic carbocycles. The van der Waals surface area contributed by atoms with Crippen molar-refractivity contribution in [1.82, 2.24) is 4.90 Å². The third kappa shape index (κ3) is 8.06. The van der Waals surface area contributed by atoms with Crippen molar-refractivity contribution in [2.24, 2.45) is 0 Å². The van der Waals surface area contributed by atoms with Gasteiger partial charge in [-0.3, -0.25) is 0 Å². The minimum atomic E-state index is -4.44. The van der Waals surface area contributed by atoms with E-state index in [2.05, 4.69) is 27.4 Å². The van der Waals surface area contributed by atoms with Crippen LogP contribution in [0.1, 0.15) is 30.2 Å².